The molecular formula is C14H11N3O2. The van der Waals surface area contributed by atoms with Crippen LogP contribution in [0.15, 0.2) is 53.6 Å². The van der Waals surface area contributed by atoms with Gasteiger partial charge in [-0.2, -0.15) is 0 Å². The maximum Gasteiger partial charge on any atom is 0.336 e. The molecule has 0 atom stereocenters. The van der Waals surface area contributed by atoms with Crippen molar-refractivity contribution in [3.63, 3.8) is 0 Å². The third-order valence-electron chi connectivity index (χ3n) is 2.72. The lowest BCUT2D eigenvalue weighted by Gasteiger charge is -2.08. The van der Waals surface area contributed by atoms with Gasteiger partial charge in [-0.05, 0) is 28.3 Å². The lowest BCUT2D eigenvalue weighted by molar-refractivity contribution is 0.0697. The van der Waals surface area contributed by atoms with Gasteiger partial charge in [0.05, 0.1) is 12.1 Å². The van der Waals surface area contributed by atoms with Crippen LogP contribution < -0.4 is 0 Å². The summed E-state index contributed by atoms with van der Waals surface area (Å²) in [4.78, 5) is 14.0. The minimum absolute atomic E-state index is 0.145. The number of nitrogens with zero attached hydrogens (tertiary/aromatic N) is 3. The van der Waals surface area contributed by atoms with E-state index in [9.17, 15) is 9.90 Å². The first-order valence-electron chi connectivity index (χ1n) is 5.65. The number of carboxylic acids is 1. The van der Waals surface area contributed by atoms with Gasteiger partial charge in [0.1, 0.15) is 0 Å². The number of aromatic carboxylic acids is 1. The second-order valence-corrected chi connectivity index (χ2v) is 3.94. The van der Waals surface area contributed by atoms with Crippen molar-refractivity contribution in [1.29, 1.82) is 0 Å². The molecule has 5 heteroatoms. The third kappa shape index (κ3) is 2.91. The predicted molar refractivity (Wildman–Crippen MR) is 71.7 cm³/mol. The highest BCUT2D eigenvalue weighted by Gasteiger charge is 2.12. The van der Waals surface area contributed by atoms with Crippen LogP contribution >= 0.6 is 0 Å². The maximum atomic E-state index is 11.3. The van der Waals surface area contributed by atoms with E-state index < -0.39 is 5.97 Å². The summed E-state index contributed by atoms with van der Waals surface area (Å²) in [5, 5.41) is 12.7. The van der Waals surface area contributed by atoms with Gasteiger partial charge in [-0.3, -0.25) is 0 Å². The Balaban J connectivity index is 2.50. The van der Waals surface area contributed by atoms with Crippen LogP contribution in [0, 0.1) is 0 Å². The molecule has 5 nitrogen and oxygen atoms in total. The molecule has 0 heterocycles. The Morgan fingerprint density at radius 1 is 1.21 bits per heavy atom. The molecule has 19 heavy (non-hydrogen) atoms. The molecule has 1 N–H and O–H groups in total. The van der Waals surface area contributed by atoms with Crippen molar-refractivity contribution < 1.29 is 9.90 Å². The lowest BCUT2D eigenvalue weighted by atomic mass is 9.97. The van der Waals surface area contributed by atoms with E-state index in [0.717, 1.165) is 5.56 Å². The van der Waals surface area contributed by atoms with Gasteiger partial charge in [0, 0.05) is 4.91 Å². The summed E-state index contributed by atoms with van der Waals surface area (Å²) in [5.41, 5.74) is 10.7. The highest BCUT2D eigenvalue weighted by molar-refractivity contribution is 5.96. The largest absolute Gasteiger partial charge is 0.478 e. The normalized spacial score (nSPS) is 9.68. The van der Waals surface area contributed by atoms with Crippen LogP contribution in [0.1, 0.15) is 15.9 Å². The lowest BCUT2D eigenvalue weighted by Crippen LogP contribution is -2.01. The van der Waals surface area contributed by atoms with Crippen molar-refractivity contribution in [2.75, 3.05) is 0 Å². The Morgan fingerprint density at radius 3 is 2.58 bits per heavy atom. The number of carboxylic acid groups (broad SMARTS) is 1. The van der Waals surface area contributed by atoms with Crippen molar-refractivity contribution >= 4 is 5.97 Å². The van der Waals surface area contributed by atoms with Crippen molar-refractivity contribution in [1.82, 2.24) is 0 Å². The average Bonchev–Trinajstić information content (AvgIpc) is 2.45. The van der Waals surface area contributed by atoms with Crippen LogP contribution in [0.2, 0.25) is 0 Å². The highest BCUT2D eigenvalue weighted by atomic mass is 16.4. The molecule has 0 saturated carbocycles. The summed E-state index contributed by atoms with van der Waals surface area (Å²) >= 11 is 0. The minimum atomic E-state index is -0.998. The van der Waals surface area contributed by atoms with Crippen molar-refractivity contribution in [3.8, 4) is 11.1 Å². The van der Waals surface area contributed by atoms with Crippen molar-refractivity contribution in [2.45, 2.75) is 6.54 Å². The number of hydrogen-bond donors (Lipinski definition) is 1. The molecule has 0 aromatic heterocycles. The first-order valence-corrected chi connectivity index (χ1v) is 5.65. The molecule has 0 amide bonds. The minimum Gasteiger partial charge on any atom is -0.478 e. The first-order chi connectivity index (χ1) is 9.22. The van der Waals surface area contributed by atoms with Gasteiger partial charge in [0.25, 0.3) is 0 Å². The summed E-state index contributed by atoms with van der Waals surface area (Å²) < 4.78 is 0. The fourth-order valence-corrected chi connectivity index (χ4v) is 1.85. The Bertz CT molecular complexity index is 647. The monoisotopic (exact) mass is 253 g/mol. The fourth-order valence-electron chi connectivity index (χ4n) is 1.85. The second kappa shape index (κ2) is 5.71. The van der Waals surface area contributed by atoms with E-state index in [1.807, 2.05) is 30.3 Å². The summed E-state index contributed by atoms with van der Waals surface area (Å²) in [7, 11) is 0. The number of carbonyl (C=O) groups is 1. The second-order valence-electron chi connectivity index (χ2n) is 3.94. The maximum absolute atomic E-state index is 11.3. The van der Waals surface area contributed by atoms with E-state index >= 15 is 0 Å². The van der Waals surface area contributed by atoms with Gasteiger partial charge in [-0.1, -0.05) is 47.6 Å². The fraction of sp³-hybridized carbons (Fsp3) is 0.0714. The van der Waals surface area contributed by atoms with E-state index in [2.05, 4.69) is 10.0 Å². The summed E-state index contributed by atoms with van der Waals surface area (Å²) in [5.74, 6) is -0.998. The van der Waals surface area contributed by atoms with E-state index in [4.69, 9.17) is 5.53 Å². The van der Waals surface area contributed by atoms with E-state index in [1.165, 1.54) is 0 Å². The standard InChI is InChI=1S/C14H11N3O2/c15-17-16-9-10-6-7-12(13(8-10)14(18)19)11-4-2-1-3-5-11/h1-8H,9H2,(H,18,19). The molecule has 0 aliphatic rings. The zero-order valence-corrected chi connectivity index (χ0v) is 10.0. The molecular weight excluding hydrogens is 242 g/mol. The molecule has 0 spiro atoms. The zero-order chi connectivity index (χ0) is 13.7. The first kappa shape index (κ1) is 12.7. The quantitative estimate of drug-likeness (QED) is 0.509. The molecule has 0 radical (unpaired) electrons. The Labute approximate surface area is 109 Å². The number of benzene rings is 2. The Hall–Kier alpha value is -2.78. The van der Waals surface area contributed by atoms with Crippen molar-refractivity contribution in [2.24, 2.45) is 5.11 Å². The summed E-state index contributed by atoms with van der Waals surface area (Å²) in [6.45, 7) is 0.145. The smallest absolute Gasteiger partial charge is 0.336 e. The van der Waals surface area contributed by atoms with E-state index in [0.29, 0.717) is 11.1 Å². The van der Waals surface area contributed by atoms with Gasteiger partial charge >= 0.3 is 5.97 Å². The van der Waals surface area contributed by atoms with Gasteiger partial charge in [-0.25, -0.2) is 4.79 Å². The van der Waals surface area contributed by atoms with Crippen LogP contribution in [0.5, 0.6) is 0 Å². The van der Waals surface area contributed by atoms with Gasteiger partial charge < -0.3 is 5.11 Å². The van der Waals surface area contributed by atoms with Crippen LogP contribution in [0.4, 0.5) is 0 Å². The summed E-state index contributed by atoms with van der Waals surface area (Å²) in [6.07, 6.45) is 0. The third-order valence-corrected chi connectivity index (χ3v) is 2.72. The zero-order valence-electron chi connectivity index (χ0n) is 10.0. The number of azide groups is 1. The molecule has 0 saturated heterocycles. The molecule has 0 bridgehead atoms. The average molecular weight is 253 g/mol. The molecule has 0 unspecified atom stereocenters. The van der Waals surface area contributed by atoms with Gasteiger partial charge in [-0.15, -0.1) is 0 Å². The Kier molecular flexibility index (Phi) is 3.81. The molecule has 0 aliphatic heterocycles. The van der Waals surface area contributed by atoms with Crippen LogP contribution in [0.25, 0.3) is 21.6 Å². The molecule has 94 valence electrons. The highest BCUT2D eigenvalue weighted by Crippen LogP contribution is 2.25. The molecule has 0 aliphatic carbocycles. The van der Waals surface area contributed by atoms with Crippen molar-refractivity contribution in [3.05, 3.63) is 70.1 Å². The van der Waals surface area contributed by atoms with Crippen LogP contribution in [-0.2, 0) is 6.54 Å². The SMILES string of the molecule is [N-]=[N+]=NCc1ccc(-c2ccccc2)c(C(=O)O)c1. The van der Waals surface area contributed by atoms with Gasteiger partial charge in [0.2, 0.25) is 0 Å². The molecule has 2 rings (SSSR count). The number of hydrogen-bond acceptors (Lipinski definition) is 2. The topological polar surface area (TPSA) is 86.1 Å². The Morgan fingerprint density at radius 2 is 1.95 bits per heavy atom. The van der Waals surface area contributed by atoms with Crippen LogP contribution in [0.3, 0.4) is 0 Å². The van der Waals surface area contributed by atoms with Gasteiger partial charge in [0.15, 0.2) is 0 Å². The summed E-state index contributed by atoms with van der Waals surface area (Å²) in [6, 6.07) is 14.3. The van der Waals surface area contributed by atoms with E-state index in [-0.39, 0.29) is 12.1 Å². The predicted octanol–water partition coefficient (Wildman–Crippen LogP) is 3.86. The molecule has 2 aromatic rings. The molecule has 2 aromatic carbocycles. The van der Waals surface area contributed by atoms with E-state index in [1.54, 1.807) is 18.2 Å². The number of rotatable bonds is 4. The molecule has 0 fully saturated rings. The van der Waals surface area contributed by atoms with Crippen LogP contribution in [-0.4, -0.2) is 11.1 Å².